The van der Waals surface area contributed by atoms with Crippen molar-refractivity contribution >= 4 is 35.8 Å². The van der Waals surface area contributed by atoms with Crippen molar-refractivity contribution in [3.63, 3.8) is 0 Å². The summed E-state index contributed by atoms with van der Waals surface area (Å²) in [7, 11) is 0. The van der Waals surface area contributed by atoms with Crippen molar-refractivity contribution in [1.29, 1.82) is 0 Å². The van der Waals surface area contributed by atoms with Gasteiger partial charge in [0, 0.05) is 45.5 Å². The molecule has 29 heavy (non-hydrogen) atoms. The lowest BCUT2D eigenvalue weighted by molar-refractivity contribution is 0.0263. The number of rotatable bonds is 6. The Hall–Kier alpha value is -1.13. The number of anilines is 1. The van der Waals surface area contributed by atoms with Gasteiger partial charge in [-0.05, 0) is 45.2 Å². The molecule has 0 spiro atoms. The summed E-state index contributed by atoms with van der Waals surface area (Å²) >= 11 is 0. The van der Waals surface area contributed by atoms with Crippen LogP contribution in [0.3, 0.4) is 0 Å². The van der Waals surface area contributed by atoms with Crippen LogP contribution in [0.1, 0.15) is 39.2 Å². The zero-order valence-corrected chi connectivity index (χ0v) is 20.3. The van der Waals surface area contributed by atoms with E-state index in [2.05, 4.69) is 53.0 Å². The first-order valence-corrected chi connectivity index (χ1v) is 10.7. The fraction of sp³-hybridized carbons (Fsp3) is 0.714. The van der Waals surface area contributed by atoms with Gasteiger partial charge in [-0.15, -0.1) is 24.0 Å². The normalized spacial score (nSPS) is 21.1. The zero-order chi connectivity index (χ0) is 19.8. The largest absolute Gasteiger partial charge is 0.378 e. The summed E-state index contributed by atoms with van der Waals surface area (Å²) in [6, 6.07) is 4.24. The second-order valence-corrected chi connectivity index (χ2v) is 7.46. The fourth-order valence-corrected chi connectivity index (χ4v) is 3.79. The van der Waals surface area contributed by atoms with E-state index in [-0.39, 0.29) is 30.1 Å². The van der Waals surface area contributed by atoms with Crippen molar-refractivity contribution in [3.05, 3.63) is 23.9 Å². The summed E-state index contributed by atoms with van der Waals surface area (Å²) in [5.74, 6) is 2.01. The van der Waals surface area contributed by atoms with Crippen molar-refractivity contribution in [2.75, 3.05) is 50.8 Å². The minimum absolute atomic E-state index is 0. The monoisotopic (exact) mass is 517 g/mol. The number of piperidine rings is 1. The van der Waals surface area contributed by atoms with Crippen molar-refractivity contribution in [2.24, 2.45) is 4.99 Å². The molecule has 3 heterocycles. The van der Waals surface area contributed by atoms with Crippen LogP contribution in [0, 0.1) is 0 Å². The van der Waals surface area contributed by atoms with E-state index in [4.69, 9.17) is 14.5 Å². The lowest BCUT2D eigenvalue weighted by atomic mass is 10.1. The first kappa shape index (κ1) is 24.1. The van der Waals surface area contributed by atoms with Gasteiger partial charge in [0.2, 0.25) is 0 Å². The fourth-order valence-electron chi connectivity index (χ4n) is 3.79. The minimum Gasteiger partial charge on any atom is -0.378 e. The molecule has 0 aliphatic carbocycles. The Balaban J connectivity index is 0.00000300. The third kappa shape index (κ3) is 7.25. The molecule has 8 heteroatoms. The minimum atomic E-state index is 0. The van der Waals surface area contributed by atoms with E-state index in [1.54, 1.807) is 0 Å². The number of aliphatic imine (C=N–C) groups is 1. The third-order valence-corrected chi connectivity index (χ3v) is 5.26. The number of ether oxygens (including phenoxy) is 2. The van der Waals surface area contributed by atoms with Gasteiger partial charge in [0.1, 0.15) is 5.82 Å². The second-order valence-electron chi connectivity index (χ2n) is 7.46. The first-order chi connectivity index (χ1) is 13.7. The first-order valence-electron chi connectivity index (χ1n) is 10.7. The van der Waals surface area contributed by atoms with E-state index in [1.165, 1.54) is 0 Å². The summed E-state index contributed by atoms with van der Waals surface area (Å²) in [4.78, 5) is 14.1. The molecule has 0 bridgehead atoms. The highest BCUT2D eigenvalue weighted by atomic mass is 127. The molecule has 0 saturated carbocycles. The Labute approximate surface area is 192 Å². The molecule has 164 valence electrons. The number of halogens is 1. The van der Waals surface area contributed by atoms with E-state index in [0.717, 1.165) is 76.1 Å². The summed E-state index contributed by atoms with van der Waals surface area (Å²) in [6.07, 6.45) is 4.72. The van der Waals surface area contributed by atoms with Crippen molar-refractivity contribution in [2.45, 2.75) is 52.4 Å². The Kier molecular flexibility index (Phi) is 10.4. The maximum atomic E-state index is 5.76. The van der Waals surface area contributed by atoms with Crippen molar-refractivity contribution < 1.29 is 9.47 Å². The van der Waals surface area contributed by atoms with Crippen LogP contribution in [0.4, 0.5) is 5.82 Å². The van der Waals surface area contributed by atoms with Gasteiger partial charge in [0.25, 0.3) is 0 Å². The number of aromatic nitrogens is 1. The number of morpholine rings is 1. The molecule has 7 nitrogen and oxygen atoms in total. The molecule has 3 rings (SSSR count). The van der Waals surface area contributed by atoms with Crippen LogP contribution in [0.25, 0.3) is 0 Å². The van der Waals surface area contributed by atoms with E-state index in [1.807, 2.05) is 6.20 Å². The van der Waals surface area contributed by atoms with E-state index in [0.29, 0.717) is 12.6 Å². The van der Waals surface area contributed by atoms with Crippen molar-refractivity contribution in [3.8, 4) is 0 Å². The number of pyridine rings is 1. The molecule has 1 aromatic rings. The van der Waals surface area contributed by atoms with Crippen LogP contribution >= 0.6 is 24.0 Å². The molecule has 1 aromatic heterocycles. The SMILES string of the molecule is CCNC(=NCc1ccc(N2CCOC(C)C2)nc1)N1CCC(OCC)CC1.I. The summed E-state index contributed by atoms with van der Waals surface area (Å²) in [5.41, 5.74) is 1.13. The molecule has 2 aliphatic heterocycles. The van der Waals surface area contributed by atoms with Crippen molar-refractivity contribution in [1.82, 2.24) is 15.2 Å². The number of guanidine groups is 1. The van der Waals surface area contributed by atoms with Crippen LogP contribution < -0.4 is 10.2 Å². The quantitative estimate of drug-likeness (QED) is 0.356. The highest BCUT2D eigenvalue weighted by molar-refractivity contribution is 14.0. The van der Waals surface area contributed by atoms with E-state index >= 15 is 0 Å². The van der Waals surface area contributed by atoms with Gasteiger partial charge in [-0.25, -0.2) is 9.98 Å². The average molecular weight is 517 g/mol. The molecule has 1 N–H and O–H groups in total. The van der Waals surface area contributed by atoms with Crippen LogP contribution in [-0.2, 0) is 16.0 Å². The molecule has 2 saturated heterocycles. The maximum absolute atomic E-state index is 5.76. The highest BCUT2D eigenvalue weighted by Gasteiger charge is 2.21. The van der Waals surface area contributed by atoms with Gasteiger partial charge in [-0.1, -0.05) is 6.07 Å². The second kappa shape index (κ2) is 12.5. The summed E-state index contributed by atoms with van der Waals surface area (Å²) in [5, 5.41) is 3.43. The van der Waals surface area contributed by atoms with Gasteiger partial charge in [0.05, 0.1) is 25.4 Å². The molecule has 1 unspecified atom stereocenters. The summed E-state index contributed by atoms with van der Waals surface area (Å²) in [6.45, 7) is 13.1. The van der Waals surface area contributed by atoms with Crippen LogP contribution in [-0.4, -0.2) is 74.0 Å². The molecule has 0 amide bonds. The number of hydrogen-bond donors (Lipinski definition) is 1. The molecule has 0 radical (unpaired) electrons. The smallest absolute Gasteiger partial charge is 0.194 e. The number of nitrogens with zero attached hydrogens (tertiary/aromatic N) is 4. The number of nitrogens with one attached hydrogen (secondary N) is 1. The molecular formula is C21H36IN5O2. The zero-order valence-electron chi connectivity index (χ0n) is 18.0. The Morgan fingerprint density at radius 3 is 2.69 bits per heavy atom. The summed E-state index contributed by atoms with van der Waals surface area (Å²) < 4.78 is 11.4. The van der Waals surface area contributed by atoms with Gasteiger partial charge in [-0.3, -0.25) is 0 Å². The topological polar surface area (TPSA) is 62.2 Å². The van der Waals surface area contributed by atoms with Crippen LogP contribution in [0.15, 0.2) is 23.3 Å². The van der Waals surface area contributed by atoms with Gasteiger partial charge in [-0.2, -0.15) is 0 Å². The Morgan fingerprint density at radius 1 is 1.28 bits per heavy atom. The molecule has 2 aliphatic rings. The lowest BCUT2D eigenvalue weighted by Gasteiger charge is -2.34. The molecule has 1 atom stereocenters. The molecule has 2 fully saturated rings. The highest BCUT2D eigenvalue weighted by Crippen LogP contribution is 2.17. The van der Waals surface area contributed by atoms with Gasteiger partial charge < -0.3 is 24.6 Å². The van der Waals surface area contributed by atoms with E-state index < -0.39 is 0 Å². The van der Waals surface area contributed by atoms with Crippen LogP contribution in [0.5, 0.6) is 0 Å². The molecule has 0 aromatic carbocycles. The van der Waals surface area contributed by atoms with Crippen LogP contribution in [0.2, 0.25) is 0 Å². The van der Waals surface area contributed by atoms with E-state index in [9.17, 15) is 0 Å². The maximum Gasteiger partial charge on any atom is 0.194 e. The predicted molar refractivity (Wildman–Crippen MR) is 128 cm³/mol. The lowest BCUT2D eigenvalue weighted by Crippen LogP contribution is -2.47. The third-order valence-electron chi connectivity index (χ3n) is 5.26. The van der Waals surface area contributed by atoms with Gasteiger partial charge >= 0.3 is 0 Å². The number of likely N-dealkylation sites (tertiary alicyclic amines) is 1. The van der Waals surface area contributed by atoms with Gasteiger partial charge in [0.15, 0.2) is 5.96 Å². The Bertz CT molecular complexity index is 620. The average Bonchev–Trinajstić information content (AvgIpc) is 2.72. The Morgan fingerprint density at radius 2 is 2.07 bits per heavy atom. The predicted octanol–water partition coefficient (Wildman–Crippen LogP) is 2.89. The molecular weight excluding hydrogens is 481 g/mol. The number of hydrogen-bond acceptors (Lipinski definition) is 5. The standard InChI is InChI=1S/C21H35N5O2.HI/c1-4-22-21(25-10-8-19(9-11-25)27-5-2)24-15-18-6-7-20(23-14-18)26-12-13-28-17(3)16-26;/h6-7,14,17,19H,4-5,8-13,15-16H2,1-3H3,(H,22,24);1H.